The molecule has 0 radical (unpaired) electrons. The smallest absolute Gasteiger partial charge is 0.309 e. The third kappa shape index (κ3) is 5.53. The number of halogens is 1. The number of aliphatic carboxylic acids is 1. The molecular weight excluding hydrogens is 468 g/mol. The van der Waals surface area contributed by atoms with Crippen LogP contribution in [0.1, 0.15) is 30.6 Å². The highest BCUT2D eigenvalue weighted by atomic mass is 35.5. The number of rotatable bonds is 8. The lowest BCUT2D eigenvalue weighted by Crippen LogP contribution is -2.26. The van der Waals surface area contributed by atoms with Gasteiger partial charge in [0.2, 0.25) is 0 Å². The van der Waals surface area contributed by atoms with E-state index < -0.39 is 11.4 Å². The summed E-state index contributed by atoms with van der Waals surface area (Å²) in [4.78, 5) is 28.4. The van der Waals surface area contributed by atoms with Crippen LogP contribution in [-0.4, -0.2) is 21.8 Å². The number of anilines is 2. The van der Waals surface area contributed by atoms with Crippen molar-refractivity contribution in [1.29, 1.82) is 0 Å². The first kappa shape index (κ1) is 23.7. The van der Waals surface area contributed by atoms with Crippen molar-refractivity contribution < 1.29 is 14.7 Å². The maximum atomic E-state index is 12.5. The number of ketones is 1. The molecule has 34 heavy (non-hydrogen) atoms. The van der Waals surface area contributed by atoms with Crippen molar-refractivity contribution >= 4 is 45.5 Å². The van der Waals surface area contributed by atoms with E-state index in [9.17, 15) is 14.7 Å². The van der Waals surface area contributed by atoms with Crippen LogP contribution < -0.4 is 5.32 Å². The molecule has 172 valence electrons. The van der Waals surface area contributed by atoms with Gasteiger partial charge in [0.25, 0.3) is 0 Å². The van der Waals surface area contributed by atoms with Crippen molar-refractivity contribution in [3.8, 4) is 22.4 Å². The molecule has 4 aromatic rings. The van der Waals surface area contributed by atoms with Gasteiger partial charge in [-0.25, -0.2) is 4.98 Å². The number of carboxylic acids is 1. The predicted molar refractivity (Wildman–Crippen MR) is 138 cm³/mol. The number of nitrogens with one attached hydrogen (secondary N) is 1. The van der Waals surface area contributed by atoms with Gasteiger partial charge in [-0.1, -0.05) is 60.1 Å². The van der Waals surface area contributed by atoms with Gasteiger partial charge in [-0.15, -0.1) is 11.3 Å². The number of nitrogens with zero attached hydrogens (tertiary/aromatic N) is 1. The molecule has 0 amide bonds. The average Bonchev–Trinajstić information content (AvgIpc) is 3.28. The van der Waals surface area contributed by atoms with Gasteiger partial charge in [0.05, 0.1) is 11.1 Å². The molecular formula is C27H23ClN2O3S. The fourth-order valence-electron chi connectivity index (χ4n) is 3.38. The minimum Gasteiger partial charge on any atom is -0.481 e. The molecule has 0 spiro atoms. The zero-order valence-electron chi connectivity index (χ0n) is 18.7. The molecule has 0 aliphatic rings. The zero-order chi connectivity index (χ0) is 24.3. The summed E-state index contributed by atoms with van der Waals surface area (Å²) < 4.78 is 0. The summed E-state index contributed by atoms with van der Waals surface area (Å²) in [5, 5.41) is 16.1. The number of aromatic nitrogens is 1. The SMILES string of the molecule is CC(C)(CC(=O)c1ccc(-c2ccc(Nc3nc(-c4ccc(Cl)cc4)cs3)cc2)cc1)C(=O)O. The lowest BCUT2D eigenvalue weighted by molar-refractivity contribution is -0.146. The summed E-state index contributed by atoms with van der Waals surface area (Å²) >= 11 is 7.49. The summed E-state index contributed by atoms with van der Waals surface area (Å²) in [7, 11) is 0. The fourth-order valence-corrected chi connectivity index (χ4v) is 4.25. The van der Waals surface area contributed by atoms with Gasteiger partial charge in [-0.2, -0.15) is 0 Å². The van der Waals surface area contributed by atoms with E-state index in [0.717, 1.165) is 33.2 Å². The van der Waals surface area contributed by atoms with Gasteiger partial charge >= 0.3 is 5.97 Å². The maximum Gasteiger partial charge on any atom is 0.309 e. The van der Waals surface area contributed by atoms with E-state index in [-0.39, 0.29) is 12.2 Å². The highest BCUT2D eigenvalue weighted by molar-refractivity contribution is 7.14. The predicted octanol–water partition coefficient (Wildman–Crippen LogP) is 7.56. The van der Waals surface area contributed by atoms with Gasteiger partial charge in [-0.3, -0.25) is 9.59 Å². The molecule has 0 unspecified atom stereocenters. The van der Waals surface area contributed by atoms with Crippen LogP contribution in [0.4, 0.5) is 10.8 Å². The Morgan fingerprint density at radius 3 is 2.06 bits per heavy atom. The molecule has 0 bridgehead atoms. The fraction of sp³-hybridized carbons (Fsp3) is 0.148. The largest absolute Gasteiger partial charge is 0.481 e. The number of carbonyl (C=O) groups excluding carboxylic acids is 1. The van der Waals surface area contributed by atoms with Gasteiger partial charge < -0.3 is 10.4 Å². The van der Waals surface area contributed by atoms with Gasteiger partial charge in [0.15, 0.2) is 10.9 Å². The van der Waals surface area contributed by atoms with Crippen molar-refractivity contribution in [2.45, 2.75) is 20.3 Å². The standard InChI is InChI=1S/C27H23ClN2O3S/c1-27(2,25(32)33)15-24(31)20-5-3-17(4-6-20)18-9-13-22(14-10-18)29-26-30-23(16-34-26)19-7-11-21(28)12-8-19/h3-14,16H,15H2,1-2H3,(H,29,30)(H,32,33). The number of carboxylic acid groups (broad SMARTS) is 1. The van der Waals surface area contributed by atoms with Crippen LogP contribution in [0.25, 0.3) is 22.4 Å². The Kier molecular flexibility index (Phi) is 6.82. The minimum absolute atomic E-state index is 0.0431. The number of carbonyl (C=O) groups is 2. The number of thiazole rings is 1. The second-order valence-electron chi connectivity index (χ2n) is 8.61. The van der Waals surface area contributed by atoms with E-state index in [1.54, 1.807) is 26.0 Å². The first-order chi connectivity index (χ1) is 16.2. The highest BCUT2D eigenvalue weighted by Gasteiger charge is 2.30. The Morgan fingerprint density at radius 1 is 0.912 bits per heavy atom. The molecule has 0 saturated carbocycles. The molecule has 0 fully saturated rings. The molecule has 2 N–H and O–H groups in total. The van der Waals surface area contributed by atoms with E-state index in [1.807, 2.05) is 66.0 Å². The third-order valence-electron chi connectivity index (χ3n) is 5.50. The summed E-state index contributed by atoms with van der Waals surface area (Å²) in [6, 6.07) is 22.8. The molecule has 1 aromatic heterocycles. The molecule has 0 aliphatic heterocycles. The Hall–Kier alpha value is -3.48. The van der Waals surface area contributed by atoms with Crippen LogP contribution in [-0.2, 0) is 4.79 Å². The first-order valence-electron chi connectivity index (χ1n) is 10.7. The van der Waals surface area contributed by atoms with Crippen LogP contribution in [0.3, 0.4) is 0 Å². The molecule has 7 heteroatoms. The van der Waals surface area contributed by atoms with Crippen LogP contribution in [0.2, 0.25) is 5.02 Å². The van der Waals surface area contributed by atoms with E-state index in [4.69, 9.17) is 11.6 Å². The quantitative estimate of drug-likeness (QED) is 0.249. The summed E-state index contributed by atoms with van der Waals surface area (Å²) in [6.07, 6.45) is -0.0431. The van der Waals surface area contributed by atoms with Gasteiger partial charge in [-0.05, 0) is 49.2 Å². The minimum atomic E-state index is -1.09. The van der Waals surface area contributed by atoms with E-state index in [1.165, 1.54) is 11.3 Å². The monoisotopic (exact) mass is 490 g/mol. The Balaban J connectivity index is 1.41. The number of benzene rings is 3. The lowest BCUT2D eigenvalue weighted by Gasteiger charge is -2.17. The number of Topliss-reactive ketones (excluding diaryl/α,β-unsaturated/α-hetero) is 1. The topological polar surface area (TPSA) is 79.3 Å². The van der Waals surface area contributed by atoms with Crippen LogP contribution in [0, 0.1) is 5.41 Å². The Bertz CT molecular complexity index is 1310. The third-order valence-corrected chi connectivity index (χ3v) is 6.51. The first-order valence-corrected chi connectivity index (χ1v) is 11.9. The van der Waals surface area contributed by atoms with Crippen LogP contribution in [0.5, 0.6) is 0 Å². The van der Waals surface area contributed by atoms with Crippen molar-refractivity contribution in [2.24, 2.45) is 5.41 Å². The van der Waals surface area contributed by atoms with Crippen molar-refractivity contribution in [2.75, 3.05) is 5.32 Å². The summed E-state index contributed by atoms with van der Waals surface area (Å²) in [5.41, 5.74) is 4.22. The molecule has 0 atom stereocenters. The number of hydrogen-bond donors (Lipinski definition) is 2. The highest BCUT2D eigenvalue weighted by Crippen LogP contribution is 2.29. The maximum absolute atomic E-state index is 12.5. The van der Waals surface area contributed by atoms with E-state index in [2.05, 4.69) is 10.3 Å². The zero-order valence-corrected chi connectivity index (χ0v) is 20.3. The Labute approximate surface area is 207 Å². The molecule has 0 aliphatic carbocycles. The summed E-state index contributed by atoms with van der Waals surface area (Å²) in [6.45, 7) is 3.11. The van der Waals surface area contributed by atoms with Gasteiger partial charge in [0.1, 0.15) is 0 Å². The molecule has 1 heterocycles. The average molecular weight is 491 g/mol. The van der Waals surface area contributed by atoms with Crippen LogP contribution in [0.15, 0.2) is 78.2 Å². The lowest BCUT2D eigenvalue weighted by atomic mass is 9.85. The molecule has 3 aromatic carbocycles. The second-order valence-corrected chi connectivity index (χ2v) is 9.91. The molecule has 5 nitrogen and oxygen atoms in total. The molecule has 4 rings (SSSR count). The molecule has 0 saturated heterocycles. The van der Waals surface area contributed by atoms with Crippen molar-refractivity contribution in [1.82, 2.24) is 4.98 Å². The van der Waals surface area contributed by atoms with E-state index in [0.29, 0.717) is 10.6 Å². The normalized spacial score (nSPS) is 11.3. The Morgan fingerprint density at radius 2 is 1.47 bits per heavy atom. The summed E-state index contributed by atoms with van der Waals surface area (Å²) in [5.74, 6) is -1.16. The second kappa shape index (κ2) is 9.79. The van der Waals surface area contributed by atoms with Crippen molar-refractivity contribution in [3.63, 3.8) is 0 Å². The van der Waals surface area contributed by atoms with Crippen molar-refractivity contribution in [3.05, 3.63) is 88.8 Å². The van der Waals surface area contributed by atoms with E-state index >= 15 is 0 Å². The number of hydrogen-bond acceptors (Lipinski definition) is 5. The van der Waals surface area contributed by atoms with Crippen LogP contribution >= 0.6 is 22.9 Å². The van der Waals surface area contributed by atoms with Gasteiger partial charge in [0, 0.05) is 33.6 Å².